The molecule has 0 spiro atoms. The van der Waals surface area contributed by atoms with Crippen LogP contribution < -0.4 is 5.73 Å². The third-order valence-electron chi connectivity index (χ3n) is 3.95. The molecule has 62 valence electrons. The number of fused-ring (bicyclic) bond motifs is 2. The fraction of sp³-hybridized carbons (Fsp3) is 0.800. The zero-order valence-corrected chi connectivity index (χ0v) is 7.48. The quantitative estimate of drug-likeness (QED) is 0.527. The van der Waals surface area contributed by atoms with Gasteiger partial charge in [-0.3, -0.25) is 0 Å². The zero-order chi connectivity index (χ0) is 8.28. The lowest BCUT2D eigenvalue weighted by molar-refractivity contribution is 0.285. The molecular formula is C10H17N. The maximum Gasteiger partial charge on any atom is 0.0374 e. The first-order valence-corrected chi connectivity index (χ1v) is 4.45. The van der Waals surface area contributed by atoms with Crippen molar-refractivity contribution < 1.29 is 0 Å². The molecule has 0 saturated heterocycles. The van der Waals surface area contributed by atoms with Gasteiger partial charge < -0.3 is 5.73 Å². The Labute approximate surface area is 68.7 Å². The normalized spacial score (nSPS) is 46.8. The molecule has 0 aromatic rings. The van der Waals surface area contributed by atoms with Gasteiger partial charge in [0.15, 0.2) is 0 Å². The summed E-state index contributed by atoms with van der Waals surface area (Å²) in [4.78, 5) is 0. The molecule has 2 aliphatic carbocycles. The van der Waals surface area contributed by atoms with Crippen LogP contribution in [0.4, 0.5) is 0 Å². The highest BCUT2D eigenvalue weighted by Crippen LogP contribution is 2.59. The molecule has 2 saturated carbocycles. The van der Waals surface area contributed by atoms with Crippen LogP contribution in [-0.4, -0.2) is 5.54 Å². The van der Waals surface area contributed by atoms with Crippen molar-refractivity contribution in [2.75, 3.05) is 0 Å². The molecule has 2 N–H and O–H groups in total. The first kappa shape index (κ1) is 7.35. The summed E-state index contributed by atoms with van der Waals surface area (Å²) < 4.78 is 0. The minimum absolute atomic E-state index is 0.00810. The van der Waals surface area contributed by atoms with Crippen LogP contribution in [0.15, 0.2) is 12.2 Å². The molecule has 0 radical (unpaired) electrons. The topological polar surface area (TPSA) is 26.0 Å². The van der Waals surface area contributed by atoms with Gasteiger partial charge in [-0.25, -0.2) is 0 Å². The van der Waals surface area contributed by atoms with Crippen LogP contribution in [0.1, 0.15) is 33.1 Å². The Kier molecular flexibility index (Phi) is 1.15. The average molecular weight is 151 g/mol. The SMILES string of the molecule is C=C1C2(N)CCC(C2)C1(C)C. The van der Waals surface area contributed by atoms with E-state index in [1.807, 2.05) is 0 Å². The third kappa shape index (κ3) is 0.698. The molecular weight excluding hydrogens is 134 g/mol. The maximum absolute atomic E-state index is 6.22. The molecule has 0 amide bonds. The third-order valence-corrected chi connectivity index (χ3v) is 3.95. The average Bonchev–Trinajstić information content (AvgIpc) is 2.36. The van der Waals surface area contributed by atoms with E-state index < -0.39 is 0 Å². The largest absolute Gasteiger partial charge is 0.322 e. The molecule has 2 unspecified atom stereocenters. The Balaban J connectivity index is 2.42. The Morgan fingerprint density at radius 2 is 2.18 bits per heavy atom. The highest BCUT2D eigenvalue weighted by atomic mass is 14.8. The predicted molar refractivity (Wildman–Crippen MR) is 47.2 cm³/mol. The number of nitrogens with two attached hydrogens (primary N) is 1. The second-order valence-corrected chi connectivity index (χ2v) is 4.80. The molecule has 1 nitrogen and oxygen atoms in total. The first-order valence-electron chi connectivity index (χ1n) is 4.45. The standard InChI is InChI=1S/C10H17N/c1-7-9(2,3)8-4-5-10(7,11)6-8/h8H,1,4-6,11H2,2-3H3. The van der Waals surface area contributed by atoms with Crippen molar-refractivity contribution >= 4 is 0 Å². The fourth-order valence-corrected chi connectivity index (χ4v) is 2.85. The molecule has 0 aliphatic heterocycles. The van der Waals surface area contributed by atoms with E-state index in [1.165, 1.54) is 24.8 Å². The van der Waals surface area contributed by atoms with Crippen LogP contribution in [0.3, 0.4) is 0 Å². The maximum atomic E-state index is 6.22. The zero-order valence-electron chi connectivity index (χ0n) is 7.48. The minimum Gasteiger partial charge on any atom is -0.322 e. The fourth-order valence-electron chi connectivity index (χ4n) is 2.85. The van der Waals surface area contributed by atoms with Gasteiger partial charge in [-0.2, -0.15) is 0 Å². The molecule has 0 heterocycles. The van der Waals surface area contributed by atoms with Gasteiger partial charge in [0.05, 0.1) is 0 Å². The first-order chi connectivity index (χ1) is 4.97. The van der Waals surface area contributed by atoms with Gasteiger partial charge in [0.25, 0.3) is 0 Å². The molecule has 0 aromatic carbocycles. The summed E-state index contributed by atoms with van der Waals surface area (Å²) in [5, 5.41) is 0. The van der Waals surface area contributed by atoms with Crippen molar-refractivity contribution in [1.82, 2.24) is 0 Å². The summed E-state index contributed by atoms with van der Waals surface area (Å²) in [5.74, 6) is 0.806. The van der Waals surface area contributed by atoms with E-state index in [0.29, 0.717) is 5.41 Å². The van der Waals surface area contributed by atoms with Crippen molar-refractivity contribution in [1.29, 1.82) is 0 Å². The molecule has 2 bridgehead atoms. The van der Waals surface area contributed by atoms with Crippen LogP contribution >= 0.6 is 0 Å². The number of hydrogen-bond acceptors (Lipinski definition) is 1. The van der Waals surface area contributed by atoms with Crippen LogP contribution in [0, 0.1) is 11.3 Å². The summed E-state index contributed by atoms with van der Waals surface area (Å²) in [6.45, 7) is 8.71. The highest BCUT2D eigenvalue weighted by Gasteiger charge is 2.55. The Bertz CT molecular complexity index is 210. The minimum atomic E-state index is 0.00810. The smallest absolute Gasteiger partial charge is 0.0374 e. The van der Waals surface area contributed by atoms with Gasteiger partial charge >= 0.3 is 0 Å². The van der Waals surface area contributed by atoms with Crippen molar-refractivity contribution in [2.24, 2.45) is 17.1 Å². The van der Waals surface area contributed by atoms with Gasteiger partial charge in [-0.05, 0) is 30.6 Å². The van der Waals surface area contributed by atoms with Gasteiger partial charge in [0.1, 0.15) is 0 Å². The Hall–Kier alpha value is -0.300. The van der Waals surface area contributed by atoms with Crippen molar-refractivity contribution in [3.05, 3.63) is 12.2 Å². The summed E-state index contributed by atoms with van der Waals surface area (Å²) in [6, 6.07) is 0. The van der Waals surface area contributed by atoms with Gasteiger partial charge in [0.2, 0.25) is 0 Å². The van der Waals surface area contributed by atoms with Crippen molar-refractivity contribution in [3.8, 4) is 0 Å². The summed E-state index contributed by atoms with van der Waals surface area (Å²) in [5.41, 5.74) is 7.83. The molecule has 11 heavy (non-hydrogen) atoms. The Morgan fingerprint density at radius 1 is 1.55 bits per heavy atom. The molecule has 2 atom stereocenters. The van der Waals surface area contributed by atoms with Crippen LogP contribution in [0.5, 0.6) is 0 Å². The van der Waals surface area contributed by atoms with Crippen LogP contribution in [0.25, 0.3) is 0 Å². The van der Waals surface area contributed by atoms with Gasteiger partial charge in [-0.1, -0.05) is 26.0 Å². The summed E-state index contributed by atoms with van der Waals surface area (Å²) in [7, 11) is 0. The van der Waals surface area contributed by atoms with E-state index in [2.05, 4.69) is 20.4 Å². The molecule has 2 aliphatic rings. The highest BCUT2D eigenvalue weighted by molar-refractivity contribution is 5.33. The number of rotatable bonds is 0. The van der Waals surface area contributed by atoms with Crippen LogP contribution in [-0.2, 0) is 0 Å². The lowest BCUT2D eigenvalue weighted by atomic mass is 9.72. The summed E-state index contributed by atoms with van der Waals surface area (Å²) in [6.07, 6.45) is 3.65. The second kappa shape index (κ2) is 1.71. The lowest BCUT2D eigenvalue weighted by Gasteiger charge is -2.35. The van der Waals surface area contributed by atoms with Crippen LogP contribution in [0.2, 0.25) is 0 Å². The predicted octanol–water partition coefficient (Wildman–Crippen LogP) is 2.08. The van der Waals surface area contributed by atoms with E-state index >= 15 is 0 Å². The van der Waals surface area contributed by atoms with E-state index in [1.54, 1.807) is 0 Å². The molecule has 2 rings (SSSR count). The summed E-state index contributed by atoms with van der Waals surface area (Å²) >= 11 is 0. The van der Waals surface area contributed by atoms with E-state index in [9.17, 15) is 0 Å². The lowest BCUT2D eigenvalue weighted by Crippen LogP contribution is -2.40. The monoisotopic (exact) mass is 151 g/mol. The van der Waals surface area contributed by atoms with Crippen molar-refractivity contribution in [2.45, 2.75) is 38.6 Å². The molecule has 0 aromatic heterocycles. The van der Waals surface area contributed by atoms with E-state index in [0.717, 1.165) is 5.92 Å². The second-order valence-electron chi connectivity index (χ2n) is 4.80. The molecule has 1 heteroatoms. The van der Waals surface area contributed by atoms with Gasteiger partial charge in [0, 0.05) is 5.54 Å². The Morgan fingerprint density at radius 3 is 2.45 bits per heavy atom. The van der Waals surface area contributed by atoms with Gasteiger partial charge in [-0.15, -0.1) is 0 Å². The van der Waals surface area contributed by atoms with E-state index in [4.69, 9.17) is 5.73 Å². The molecule has 2 fully saturated rings. The van der Waals surface area contributed by atoms with Crippen molar-refractivity contribution in [3.63, 3.8) is 0 Å². The number of hydrogen-bond donors (Lipinski definition) is 1. The van der Waals surface area contributed by atoms with E-state index in [-0.39, 0.29) is 5.54 Å².